The van der Waals surface area contributed by atoms with Crippen molar-refractivity contribution >= 4 is 0 Å². The van der Waals surface area contributed by atoms with Crippen LogP contribution in [0.4, 0.5) is 8.78 Å². The number of hydrogen-bond acceptors (Lipinski definition) is 2. The van der Waals surface area contributed by atoms with E-state index in [4.69, 9.17) is 5.11 Å². The Labute approximate surface area is 80.1 Å². The summed E-state index contributed by atoms with van der Waals surface area (Å²) in [4.78, 5) is 0. The molecule has 2 unspecified atom stereocenters. The molecule has 0 saturated carbocycles. The van der Waals surface area contributed by atoms with E-state index in [0.717, 1.165) is 0 Å². The highest BCUT2D eigenvalue weighted by Gasteiger charge is 2.53. The molecule has 2 rings (SSSR count). The van der Waals surface area contributed by atoms with Crippen molar-refractivity contribution in [1.29, 1.82) is 0 Å². The lowest BCUT2D eigenvalue weighted by Crippen LogP contribution is -2.32. The average molecular weight is 200 g/mol. The molecule has 1 fully saturated rings. The zero-order valence-electron chi connectivity index (χ0n) is 7.36. The third-order valence-electron chi connectivity index (χ3n) is 2.42. The Morgan fingerprint density at radius 1 is 1.29 bits per heavy atom. The molecule has 0 radical (unpaired) electrons. The summed E-state index contributed by atoms with van der Waals surface area (Å²) in [6.45, 7) is -0.141. The van der Waals surface area contributed by atoms with Gasteiger partial charge >= 0.3 is 5.92 Å². The number of benzene rings is 1. The number of aliphatic hydroxyl groups excluding tert-OH is 1. The summed E-state index contributed by atoms with van der Waals surface area (Å²) in [7, 11) is 0. The minimum atomic E-state index is -3.19. The highest BCUT2D eigenvalue weighted by atomic mass is 19.3. The first kappa shape index (κ1) is 9.55. The summed E-state index contributed by atoms with van der Waals surface area (Å²) < 4.78 is 31.2. The van der Waals surface area contributed by atoms with Crippen molar-refractivity contribution in [2.75, 3.05) is 6.61 Å². The third-order valence-corrected chi connectivity index (χ3v) is 2.42. The summed E-state index contributed by atoms with van der Waals surface area (Å²) in [6.07, 6.45) is -1.98. The Morgan fingerprint density at radius 2 is 1.93 bits per heavy atom. The van der Waals surface area contributed by atoms with Gasteiger partial charge in [-0.15, -0.1) is 0 Å². The normalized spacial score (nSPS) is 30.5. The quantitative estimate of drug-likeness (QED) is 0.748. The van der Waals surface area contributed by atoms with Crippen LogP contribution in [0.15, 0.2) is 30.3 Å². The predicted molar refractivity (Wildman–Crippen MR) is 46.1 cm³/mol. The molecule has 1 aliphatic rings. The first-order valence-corrected chi connectivity index (χ1v) is 4.35. The standard InChI is InChI=1S/C10H10F2O2/c11-10(12)8(6-14-9(10)13)7-4-2-1-3-5-7/h1-5,8-9,13H,6H2. The fraction of sp³-hybridized carbons (Fsp3) is 0.400. The second-order valence-corrected chi connectivity index (χ2v) is 3.32. The second kappa shape index (κ2) is 3.29. The highest BCUT2D eigenvalue weighted by molar-refractivity contribution is 5.23. The second-order valence-electron chi connectivity index (χ2n) is 3.32. The van der Waals surface area contributed by atoms with Gasteiger partial charge in [-0.1, -0.05) is 30.3 Å². The van der Waals surface area contributed by atoms with E-state index >= 15 is 0 Å². The van der Waals surface area contributed by atoms with Gasteiger partial charge in [-0.3, -0.25) is 0 Å². The van der Waals surface area contributed by atoms with Crippen molar-refractivity contribution in [3.63, 3.8) is 0 Å². The van der Waals surface area contributed by atoms with Crippen LogP contribution in [0.5, 0.6) is 0 Å². The SMILES string of the molecule is OC1OCC(c2ccccc2)C1(F)F. The number of rotatable bonds is 1. The van der Waals surface area contributed by atoms with Crippen LogP contribution in [-0.4, -0.2) is 23.9 Å². The molecule has 1 heterocycles. The van der Waals surface area contributed by atoms with E-state index in [0.29, 0.717) is 5.56 Å². The number of aliphatic hydroxyl groups is 1. The van der Waals surface area contributed by atoms with E-state index < -0.39 is 18.1 Å². The van der Waals surface area contributed by atoms with Gasteiger partial charge in [0.25, 0.3) is 0 Å². The van der Waals surface area contributed by atoms with E-state index in [1.807, 2.05) is 0 Å². The minimum absolute atomic E-state index is 0.141. The van der Waals surface area contributed by atoms with Crippen LogP contribution >= 0.6 is 0 Å². The highest BCUT2D eigenvalue weighted by Crippen LogP contribution is 2.41. The van der Waals surface area contributed by atoms with Crippen LogP contribution in [0.3, 0.4) is 0 Å². The minimum Gasteiger partial charge on any atom is -0.363 e. The summed E-state index contributed by atoms with van der Waals surface area (Å²) in [5.41, 5.74) is 0.494. The lowest BCUT2D eigenvalue weighted by Gasteiger charge is -2.19. The Balaban J connectivity index is 2.29. The Kier molecular flexibility index (Phi) is 2.25. The van der Waals surface area contributed by atoms with Crippen molar-refractivity contribution in [1.82, 2.24) is 0 Å². The largest absolute Gasteiger partial charge is 0.363 e. The maximum Gasteiger partial charge on any atom is 0.306 e. The zero-order valence-corrected chi connectivity index (χ0v) is 7.36. The maximum atomic E-state index is 13.3. The molecule has 1 aromatic rings. The lowest BCUT2D eigenvalue weighted by molar-refractivity contribution is -0.181. The van der Waals surface area contributed by atoms with Gasteiger partial charge in [0.1, 0.15) is 0 Å². The molecule has 1 saturated heterocycles. The molecule has 0 aliphatic carbocycles. The van der Waals surface area contributed by atoms with Gasteiger partial charge in [-0.25, -0.2) is 8.78 Å². The monoisotopic (exact) mass is 200 g/mol. The van der Waals surface area contributed by atoms with Gasteiger partial charge < -0.3 is 9.84 Å². The van der Waals surface area contributed by atoms with Crippen molar-refractivity contribution in [3.05, 3.63) is 35.9 Å². The van der Waals surface area contributed by atoms with E-state index in [2.05, 4.69) is 4.74 Å². The van der Waals surface area contributed by atoms with Crippen molar-refractivity contribution in [3.8, 4) is 0 Å². The topological polar surface area (TPSA) is 29.5 Å². The Bertz CT molecular complexity index is 313. The molecule has 2 atom stereocenters. The van der Waals surface area contributed by atoms with Crippen LogP contribution in [0.2, 0.25) is 0 Å². The Hall–Kier alpha value is -1.00. The van der Waals surface area contributed by atoms with Gasteiger partial charge in [0, 0.05) is 0 Å². The van der Waals surface area contributed by atoms with Gasteiger partial charge in [0.05, 0.1) is 12.5 Å². The maximum absolute atomic E-state index is 13.3. The molecule has 1 aromatic carbocycles. The van der Waals surface area contributed by atoms with Gasteiger partial charge in [-0.2, -0.15) is 0 Å². The van der Waals surface area contributed by atoms with Gasteiger partial charge in [0.15, 0.2) is 0 Å². The van der Waals surface area contributed by atoms with E-state index in [-0.39, 0.29) is 6.61 Å². The summed E-state index contributed by atoms with van der Waals surface area (Å²) >= 11 is 0. The molecule has 0 aromatic heterocycles. The van der Waals surface area contributed by atoms with Crippen molar-refractivity contribution in [2.24, 2.45) is 0 Å². The van der Waals surface area contributed by atoms with Crippen LogP contribution in [0.25, 0.3) is 0 Å². The van der Waals surface area contributed by atoms with Crippen LogP contribution in [0, 0.1) is 0 Å². The average Bonchev–Trinajstić information content (AvgIpc) is 2.44. The van der Waals surface area contributed by atoms with Crippen LogP contribution < -0.4 is 0 Å². The summed E-state index contributed by atoms with van der Waals surface area (Å²) in [5, 5.41) is 8.92. The predicted octanol–water partition coefficient (Wildman–Crippen LogP) is 1.75. The molecule has 0 bridgehead atoms. The Morgan fingerprint density at radius 3 is 2.43 bits per heavy atom. The number of halogens is 2. The number of ether oxygens (including phenoxy) is 1. The summed E-state index contributed by atoms with van der Waals surface area (Å²) in [6, 6.07) is 8.36. The molecule has 2 nitrogen and oxygen atoms in total. The number of alkyl halides is 2. The molecule has 4 heteroatoms. The third kappa shape index (κ3) is 1.40. The van der Waals surface area contributed by atoms with E-state index in [9.17, 15) is 8.78 Å². The number of hydrogen-bond donors (Lipinski definition) is 1. The summed E-state index contributed by atoms with van der Waals surface area (Å²) in [5.74, 6) is -4.24. The van der Waals surface area contributed by atoms with E-state index in [1.165, 1.54) is 0 Å². The lowest BCUT2D eigenvalue weighted by atomic mass is 9.95. The first-order valence-electron chi connectivity index (χ1n) is 4.35. The molecule has 1 aliphatic heterocycles. The molecule has 0 spiro atoms. The molecular formula is C10H10F2O2. The van der Waals surface area contributed by atoms with Gasteiger partial charge in [0.2, 0.25) is 6.29 Å². The van der Waals surface area contributed by atoms with Crippen molar-refractivity contribution in [2.45, 2.75) is 18.1 Å². The molecular weight excluding hydrogens is 190 g/mol. The molecule has 1 N–H and O–H groups in total. The first-order chi connectivity index (χ1) is 6.62. The van der Waals surface area contributed by atoms with E-state index in [1.54, 1.807) is 30.3 Å². The molecule has 14 heavy (non-hydrogen) atoms. The fourth-order valence-electron chi connectivity index (χ4n) is 1.59. The zero-order chi connectivity index (χ0) is 10.2. The molecule has 0 amide bonds. The van der Waals surface area contributed by atoms with Gasteiger partial charge in [-0.05, 0) is 5.56 Å². The van der Waals surface area contributed by atoms with Crippen LogP contribution in [-0.2, 0) is 4.74 Å². The molecule has 76 valence electrons. The van der Waals surface area contributed by atoms with Crippen molar-refractivity contribution < 1.29 is 18.6 Å². The fourth-order valence-corrected chi connectivity index (χ4v) is 1.59. The smallest absolute Gasteiger partial charge is 0.306 e. The van der Waals surface area contributed by atoms with Crippen LogP contribution in [0.1, 0.15) is 11.5 Å².